The van der Waals surface area contributed by atoms with Gasteiger partial charge in [0.15, 0.2) is 4.96 Å². The van der Waals surface area contributed by atoms with Gasteiger partial charge in [0.05, 0.1) is 11.4 Å². The van der Waals surface area contributed by atoms with Gasteiger partial charge in [-0.3, -0.25) is 9.20 Å². The maximum atomic E-state index is 12.6. The number of nitrogens with zero attached hydrogens (tertiary/aromatic N) is 2. The highest BCUT2D eigenvalue weighted by molar-refractivity contribution is 7.18. The molecule has 5 nitrogen and oxygen atoms in total. The third-order valence-corrected chi connectivity index (χ3v) is 5.01. The van der Waals surface area contributed by atoms with Crippen molar-refractivity contribution in [2.75, 3.05) is 0 Å². The van der Waals surface area contributed by atoms with Crippen molar-refractivity contribution in [1.29, 1.82) is 0 Å². The minimum absolute atomic E-state index is 0.138. The molecule has 0 saturated heterocycles. The lowest BCUT2D eigenvalue weighted by Gasteiger charge is -2.02. The Bertz CT molecular complexity index is 1030. The Morgan fingerprint density at radius 2 is 1.83 bits per heavy atom. The number of hydrogen-bond donors (Lipinski definition) is 1. The van der Waals surface area contributed by atoms with Gasteiger partial charge >= 0.3 is 5.97 Å². The normalized spacial score (nSPS) is 11.5. The second-order valence-electron chi connectivity index (χ2n) is 5.61. The number of thiazole rings is 1. The summed E-state index contributed by atoms with van der Waals surface area (Å²) in [6.45, 7) is 5.35. The highest BCUT2D eigenvalue weighted by atomic mass is 32.1. The van der Waals surface area contributed by atoms with Crippen LogP contribution >= 0.6 is 11.3 Å². The van der Waals surface area contributed by atoms with Gasteiger partial charge in [0, 0.05) is 5.56 Å². The van der Waals surface area contributed by atoms with E-state index < -0.39 is 5.97 Å². The number of carboxylic acid groups (broad SMARTS) is 1. The van der Waals surface area contributed by atoms with Crippen LogP contribution in [0.5, 0.6) is 0 Å². The van der Waals surface area contributed by atoms with Gasteiger partial charge in [-0.1, -0.05) is 47.2 Å². The average Bonchev–Trinajstić information content (AvgIpc) is 2.88. The van der Waals surface area contributed by atoms with Gasteiger partial charge < -0.3 is 5.11 Å². The minimum Gasteiger partial charge on any atom is -0.477 e. The SMILES string of the molecule is Cc1ccc(/C=C/c2nc3sc(C(=O)O)c(C)n3c(=O)c2C)cc1. The monoisotopic (exact) mass is 340 g/mol. The van der Waals surface area contributed by atoms with Crippen molar-refractivity contribution >= 4 is 34.4 Å². The fourth-order valence-corrected chi connectivity index (χ4v) is 3.41. The number of fused-ring (bicyclic) bond motifs is 1. The number of carboxylic acids is 1. The van der Waals surface area contributed by atoms with E-state index in [-0.39, 0.29) is 10.4 Å². The molecule has 0 spiro atoms. The summed E-state index contributed by atoms with van der Waals surface area (Å²) < 4.78 is 1.37. The molecule has 0 atom stereocenters. The first-order chi connectivity index (χ1) is 11.4. The molecule has 1 N–H and O–H groups in total. The molecule has 0 aliphatic heterocycles. The van der Waals surface area contributed by atoms with Gasteiger partial charge in [0.1, 0.15) is 4.88 Å². The lowest BCUT2D eigenvalue weighted by atomic mass is 10.1. The largest absolute Gasteiger partial charge is 0.477 e. The summed E-state index contributed by atoms with van der Waals surface area (Å²) in [4.78, 5) is 28.8. The fraction of sp³-hybridized carbons (Fsp3) is 0.167. The third kappa shape index (κ3) is 2.76. The van der Waals surface area contributed by atoms with Crippen LogP contribution in [0.3, 0.4) is 0 Å². The van der Waals surface area contributed by atoms with Crippen LogP contribution in [-0.2, 0) is 0 Å². The molecular formula is C18H16N2O3S. The molecule has 3 aromatic rings. The standard InChI is InChI=1S/C18H16N2O3S/c1-10-4-6-13(7-5-10)8-9-14-11(2)16(21)20-12(3)15(17(22)23)24-18(20)19-14/h4-9H,1-3H3,(H,22,23)/b9-8+. The summed E-state index contributed by atoms with van der Waals surface area (Å²) in [6, 6.07) is 8.01. The highest BCUT2D eigenvalue weighted by Gasteiger charge is 2.18. The Morgan fingerprint density at radius 3 is 2.46 bits per heavy atom. The number of benzene rings is 1. The van der Waals surface area contributed by atoms with E-state index in [1.807, 2.05) is 37.3 Å². The Kier molecular flexibility index (Phi) is 4.07. The summed E-state index contributed by atoms with van der Waals surface area (Å²) in [5.41, 5.74) is 3.42. The van der Waals surface area contributed by atoms with Crippen molar-refractivity contribution in [3.8, 4) is 0 Å². The third-order valence-electron chi connectivity index (χ3n) is 3.88. The zero-order valence-corrected chi connectivity index (χ0v) is 14.3. The molecule has 2 aromatic heterocycles. The first-order valence-electron chi connectivity index (χ1n) is 7.39. The maximum absolute atomic E-state index is 12.6. The predicted octanol–water partition coefficient (Wildman–Crippen LogP) is 3.55. The lowest BCUT2D eigenvalue weighted by Crippen LogP contribution is -2.19. The minimum atomic E-state index is -1.04. The molecule has 3 rings (SSSR count). The zero-order chi connectivity index (χ0) is 17.4. The van der Waals surface area contributed by atoms with Crippen molar-refractivity contribution in [1.82, 2.24) is 9.38 Å². The molecule has 0 radical (unpaired) electrons. The van der Waals surface area contributed by atoms with Gasteiger partial charge in [0.2, 0.25) is 0 Å². The van der Waals surface area contributed by atoms with E-state index >= 15 is 0 Å². The molecule has 0 aliphatic carbocycles. The van der Waals surface area contributed by atoms with Crippen LogP contribution in [0, 0.1) is 20.8 Å². The van der Waals surface area contributed by atoms with Crippen LogP contribution in [0.4, 0.5) is 0 Å². The van der Waals surface area contributed by atoms with E-state index in [1.54, 1.807) is 19.9 Å². The number of hydrogen-bond acceptors (Lipinski definition) is 4. The van der Waals surface area contributed by atoms with Crippen LogP contribution in [0.2, 0.25) is 0 Å². The zero-order valence-electron chi connectivity index (χ0n) is 13.5. The molecule has 0 saturated carbocycles. The molecule has 0 aliphatic rings. The van der Waals surface area contributed by atoms with Gasteiger partial charge in [-0.2, -0.15) is 0 Å². The van der Waals surface area contributed by atoms with Crippen molar-refractivity contribution in [3.05, 3.63) is 67.6 Å². The molecule has 0 fully saturated rings. The topological polar surface area (TPSA) is 71.7 Å². The molecule has 0 bridgehead atoms. The van der Waals surface area contributed by atoms with Gasteiger partial charge in [-0.15, -0.1) is 0 Å². The van der Waals surface area contributed by atoms with E-state index in [9.17, 15) is 14.7 Å². The quantitative estimate of drug-likeness (QED) is 0.791. The summed E-state index contributed by atoms with van der Waals surface area (Å²) in [5.74, 6) is -1.04. The predicted molar refractivity (Wildman–Crippen MR) is 95.9 cm³/mol. The molecule has 122 valence electrons. The Balaban J connectivity index is 2.12. The van der Waals surface area contributed by atoms with Gasteiger partial charge in [-0.25, -0.2) is 9.78 Å². The van der Waals surface area contributed by atoms with E-state index in [0.29, 0.717) is 21.9 Å². The fourth-order valence-electron chi connectivity index (χ4n) is 2.45. The second-order valence-corrected chi connectivity index (χ2v) is 6.59. The van der Waals surface area contributed by atoms with Crippen molar-refractivity contribution in [3.63, 3.8) is 0 Å². The van der Waals surface area contributed by atoms with Gasteiger partial charge in [0.25, 0.3) is 5.56 Å². The highest BCUT2D eigenvalue weighted by Crippen LogP contribution is 2.21. The molecular weight excluding hydrogens is 324 g/mol. The van der Waals surface area contributed by atoms with Gasteiger partial charge in [-0.05, 0) is 32.4 Å². The maximum Gasteiger partial charge on any atom is 0.347 e. The molecule has 0 unspecified atom stereocenters. The smallest absolute Gasteiger partial charge is 0.347 e. The second kappa shape index (κ2) is 6.05. The molecule has 2 heterocycles. The lowest BCUT2D eigenvalue weighted by molar-refractivity contribution is 0.0701. The molecule has 6 heteroatoms. The van der Waals surface area contributed by atoms with Crippen molar-refractivity contribution in [2.45, 2.75) is 20.8 Å². The van der Waals surface area contributed by atoms with Crippen LogP contribution < -0.4 is 5.56 Å². The number of aromatic nitrogens is 2. The summed E-state index contributed by atoms with van der Waals surface area (Å²) in [7, 11) is 0. The van der Waals surface area contributed by atoms with E-state index in [0.717, 1.165) is 16.9 Å². The molecule has 24 heavy (non-hydrogen) atoms. The van der Waals surface area contributed by atoms with E-state index in [4.69, 9.17) is 0 Å². The van der Waals surface area contributed by atoms with Crippen LogP contribution in [-0.4, -0.2) is 20.5 Å². The Labute approximate surface area is 142 Å². The van der Waals surface area contributed by atoms with Crippen molar-refractivity contribution in [2.24, 2.45) is 0 Å². The Morgan fingerprint density at radius 1 is 1.17 bits per heavy atom. The number of carbonyl (C=O) groups is 1. The summed E-state index contributed by atoms with van der Waals surface area (Å²) >= 11 is 1.01. The molecule has 0 amide bonds. The summed E-state index contributed by atoms with van der Waals surface area (Å²) in [6.07, 6.45) is 3.68. The molecule has 1 aromatic carbocycles. The van der Waals surface area contributed by atoms with E-state index in [2.05, 4.69) is 4.98 Å². The number of aromatic carboxylic acids is 1. The van der Waals surface area contributed by atoms with Crippen LogP contribution in [0.1, 0.15) is 37.7 Å². The summed E-state index contributed by atoms with van der Waals surface area (Å²) in [5, 5.41) is 9.22. The Hall–Kier alpha value is -2.73. The van der Waals surface area contributed by atoms with E-state index in [1.165, 1.54) is 9.96 Å². The first kappa shape index (κ1) is 16.1. The van der Waals surface area contributed by atoms with Crippen molar-refractivity contribution < 1.29 is 9.90 Å². The average molecular weight is 340 g/mol. The first-order valence-corrected chi connectivity index (χ1v) is 8.21. The number of aryl methyl sites for hydroxylation is 2. The van der Waals surface area contributed by atoms with Crippen LogP contribution in [0.15, 0.2) is 29.1 Å². The van der Waals surface area contributed by atoms with Crippen LogP contribution in [0.25, 0.3) is 17.1 Å². The number of rotatable bonds is 3.